The lowest BCUT2D eigenvalue weighted by Gasteiger charge is -2.26. The summed E-state index contributed by atoms with van der Waals surface area (Å²) >= 11 is 1.92. The maximum atomic E-state index is 10.3. The van der Waals surface area contributed by atoms with Gasteiger partial charge in [0, 0.05) is 11.0 Å². The lowest BCUT2D eigenvalue weighted by atomic mass is 9.86. The Morgan fingerprint density at radius 1 is 1.46 bits per heavy atom. The van der Waals surface area contributed by atoms with Crippen LogP contribution in [0.3, 0.4) is 0 Å². The van der Waals surface area contributed by atoms with Gasteiger partial charge in [0.05, 0.1) is 5.60 Å². The van der Waals surface area contributed by atoms with Crippen LogP contribution in [0, 0.1) is 5.92 Å². The van der Waals surface area contributed by atoms with Crippen LogP contribution in [-0.2, 0) is 0 Å². The van der Waals surface area contributed by atoms with E-state index >= 15 is 0 Å². The highest BCUT2D eigenvalue weighted by atomic mass is 32.2. The van der Waals surface area contributed by atoms with Gasteiger partial charge in [-0.1, -0.05) is 33.6 Å². The van der Waals surface area contributed by atoms with Crippen molar-refractivity contribution in [1.29, 1.82) is 0 Å². The zero-order valence-corrected chi connectivity index (χ0v) is 9.86. The molecule has 0 aromatic rings. The van der Waals surface area contributed by atoms with E-state index in [9.17, 15) is 5.11 Å². The van der Waals surface area contributed by atoms with Gasteiger partial charge in [0.1, 0.15) is 0 Å². The third kappa shape index (κ3) is 3.17. The summed E-state index contributed by atoms with van der Waals surface area (Å²) in [6, 6.07) is 0. The Bertz CT molecular complexity index is 156. The normalized spacial score (nSPS) is 34.4. The summed E-state index contributed by atoms with van der Waals surface area (Å²) in [6.45, 7) is 6.67. The number of hydrogen-bond acceptors (Lipinski definition) is 2. The predicted octanol–water partition coefficient (Wildman–Crippen LogP) is 3.07. The first-order valence-corrected chi connectivity index (χ1v) is 6.48. The minimum Gasteiger partial charge on any atom is -0.389 e. The van der Waals surface area contributed by atoms with E-state index in [1.54, 1.807) is 0 Å². The van der Waals surface area contributed by atoms with Gasteiger partial charge in [-0.2, -0.15) is 11.8 Å². The summed E-state index contributed by atoms with van der Waals surface area (Å²) in [5.41, 5.74) is -0.346. The van der Waals surface area contributed by atoms with E-state index in [4.69, 9.17) is 0 Å². The van der Waals surface area contributed by atoms with E-state index in [0.29, 0.717) is 5.25 Å². The Morgan fingerprint density at radius 2 is 2.08 bits per heavy atom. The number of hydrogen-bond donors (Lipinski definition) is 1. The molecular formula is C11H22OS. The standard InChI is InChI=1S/C11H22OS/c1-4-10(5-2)7-11(12)6-9(3)13-8-11/h9-10,12H,4-8H2,1-3H3. The van der Waals surface area contributed by atoms with Crippen molar-refractivity contribution < 1.29 is 5.11 Å². The molecule has 1 nitrogen and oxygen atoms in total. The second kappa shape index (κ2) is 4.70. The van der Waals surface area contributed by atoms with Crippen molar-refractivity contribution in [2.24, 2.45) is 5.92 Å². The SMILES string of the molecule is CCC(CC)CC1(O)CSC(C)C1. The summed E-state index contributed by atoms with van der Waals surface area (Å²) in [7, 11) is 0. The van der Waals surface area contributed by atoms with Crippen LogP contribution in [0.5, 0.6) is 0 Å². The largest absolute Gasteiger partial charge is 0.389 e. The van der Waals surface area contributed by atoms with Gasteiger partial charge in [-0.15, -0.1) is 0 Å². The molecule has 1 aliphatic heterocycles. The topological polar surface area (TPSA) is 20.2 Å². The van der Waals surface area contributed by atoms with Gasteiger partial charge in [0.25, 0.3) is 0 Å². The molecule has 0 aliphatic carbocycles. The molecule has 2 atom stereocenters. The molecule has 1 saturated heterocycles. The smallest absolute Gasteiger partial charge is 0.0750 e. The second-order valence-corrected chi connectivity index (χ2v) is 5.86. The van der Waals surface area contributed by atoms with E-state index in [-0.39, 0.29) is 5.60 Å². The van der Waals surface area contributed by atoms with Crippen LogP contribution in [0.2, 0.25) is 0 Å². The summed E-state index contributed by atoms with van der Waals surface area (Å²) in [6.07, 6.45) is 4.42. The predicted molar refractivity (Wildman–Crippen MR) is 60.2 cm³/mol. The Labute approximate surface area is 86.3 Å². The minimum absolute atomic E-state index is 0.346. The first-order chi connectivity index (χ1) is 6.09. The Morgan fingerprint density at radius 3 is 2.46 bits per heavy atom. The molecule has 0 bridgehead atoms. The highest BCUT2D eigenvalue weighted by Gasteiger charge is 2.36. The first-order valence-electron chi connectivity index (χ1n) is 5.43. The van der Waals surface area contributed by atoms with Crippen molar-refractivity contribution in [3.8, 4) is 0 Å². The molecule has 0 aromatic carbocycles. The van der Waals surface area contributed by atoms with Crippen LogP contribution in [-0.4, -0.2) is 21.7 Å². The molecule has 1 aliphatic rings. The van der Waals surface area contributed by atoms with Gasteiger partial charge < -0.3 is 5.11 Å². The summed E-state index contributed by atoms with van der Waals surface area (Å²) in [5.74, 6) is 1.67. The molecule has 0 spiro atoms. The maximum Gasteiger partial charge on any atom is 0.0750 e. The molecule has 0 amide bonds. The van der Waals surface area contributed by atoms with Crippen molar-refractivity contribution in [3.63, 3.8) is 0 Å². The zero-order valence-electron chi connectivity index (χ0n) is 9.05. The Hall–Kier alpha value is 0.310. The average Bonchev–Trinajstić information content (AvgIpc) is 2.43. The fourth-order valence-corrected chi connectivity index (χ4v) is 3.47. The van der Waals surface area contributed by atoms with Crippen LogP contribution in [0.1, 0.15) is 46.5 Å². The molecule has 2 heteroatoms. The van der Waals surface area contributed by atoms with Crippen LogP contribution in [0.15, 0.2) is 0 Å². The van der Waals surface area contributed by atoms with E-state index < -0.39 is 0 Å². The van der Waals surface area contributed by atoms with Crippen LogP contribution in [0.25, 0.3) is 0 Å². The van der Waals surface area contributed by atoms with Gasteiger partial charge in [-0.3, -0.25) is 0 Å². The van der Waals surface area contributed by atoms with Crippen molar-refractivity contribution in [2.75, 3.05) is 5.75 Å². The van der Waals surface area contributed by atoms with Crippen LogP contribution in [0.4, 0.5) is 0 Å². The summed E-state index contributed by atoms with van der Waals surface area (Å²) < 4.78 is 0. The van der Waals surface area contributed by atoms with Gasteiger partial charge in [0.2, 0.25) is 0 Å². The molecule has 1 N–H and O–H groups in total. The molecule has 0 aromatic heterocycles. The molecule has 2 unspecified atom stereocenters. The molecule has 78 valence electrons. The summed E-state index contributed by atoms with van der Waals surface area (Å²) in [5, 5.41) is 10.9. The van der Waals surface area contributed by atoms with Crippen molar-refractivity contribution in [1.82, 2.24) is 0 Å². The monoisotopic (exact) mass is 202 g/mol. The molecule has 0 saturated carbocycles. The molecule has 1 rings (SSSR count). The van der Waals surface area contributed by atoms with E-state index in [1.807, 2.05) is 11.8 Å². The van der Waals surface area contributed by atoms with E-state index in [0.717, 1.165) is 24.5 Å². The average molecular weight is 202 g/mol. The Kier molecular flexibility index (Phi) is 4.11. The number of thioether (sulfide) groups is 1. The summed E-state index contributed by atoms with van der Waals surface area (Å²) in [4.78, 5) is 0. The van der Waals surface area contributed by atoms with Gasteiger partial charge >= 0.3 is 0 Å². The lowest BCUT2D eigenvalue weighted by Crippen LogP contribution is -2.31. The molecule has 13 heavy (non-hydrogen) atoms. The third-order valence-electron chi connectivity index (χ3n) is 3.13. The fourth-order valence-electron chi connectivity index (χ4n) is 2.21. The van der Waals surface area contributed by atoms with Crippen molar-refractivity contribution in [2.45, 2.75) is 57.3 Å². The first kappa shape index (κ1) is 11.4. The highest BCUT2D eigenvalue weighted by Crippen LogP contribution is 2.39. The fraction of sp³-hybridized carbons (Fsp3) is 1.00. The highest BCUT2D eigenvalue weighted by molar-refractivity contribution is 8.00. The van der Waals surface area contributed by atoms with E-state index in [2.05, 4.69) is 20.8 Å². The van der Waals surface area contributed by atoms with E-state index in [1.165, 1.54) is 12.8 Å². The number of rotatable bonds is 4. The lowest BCUT2D eigenvalue weighted by molar-refractivity contribution is 0.0360. The van der Waals surface area contributed by atoms with Gasteiger partial charge in [-0.25, -0.2) is 0 Å². The number of aliphatic hydroxyl groups is 1. The molecule has 0 radical (unpaired) electrons. The second-order valence-electron chi connectivity index (χ2n) is 4.44. The quantitative estimate of drug-likeness (QED) is 0.756. The van der Waals surface area contributed by atoms with Crippen molar-refractivity contribution >= 4 is 11.8 Å². The molecule has 1 heterocycles. The molecular weight excluding hydrogens is 180 g/mol. The minimum atomic E-state index is -0.346. The third-order valence-corrected chi connectivity index (χ3v) is 4.57. The maximum absolute atomic E-state index is 10.3. The van der Waals surface area contributed by atoms with Crippen molar-refractivity contribution in [3.05, 3.63) is 0 Å². The molecule has 1 fully saturated rings. The van der Waals surface area contributed by atoms with Crippen LogP contribution < -0.4 is 0 Å². The van der Waals surface area contributed by atoms with Gasteiger partial charge in [0.15, 0.2) is 0 Å². The Balaban J connectivity index is 2.42. The zero-order chi connectivity index (χ0) is 9.90. The van der Waals surface area contributed by atoms with Gasteiger partial charge in [-0.05, 0) is 18.8 Å². The van der Waals surface area contributed by atoms with Crippen LogP contribution >= 0.6 is 11.8 Å².